The van der Waals surface area contributed by atoms with Crippen LogP contribution in [0.5, 0.6) is 0 Å². The van der Waals surface area contributed by atoms with E-state index in [9.17, 15) is 9.18 Å². The highest BCUT2D eigenvalue weighted by Gasteiger charge is 2.21. The van der Waals surface area contributed by atoms with Gasteiger partial charge in [0.05, 0.1) is 24.6 Å². The van der Waals surface area contributed by atoms with Gasteiger partial charge in [-0.25, -0.2) is 9.18 Å². The molecule has 2 aliphatic heterocycles. The number of hydrogen-bond acceptors (Lipinski definition) is 4. The summed E-state index contributed by atoms with van der Waals surface area (Å²) in [6.07, 6.45) is 0. The first-order valence-corrected chi connectivity index (χ1v) is 8.00. The molecule has 2 fully saturated rings. The first kappa shape index (κ1) is 16.0. The van der Waals surface area contributed by atoms with Crippen LogP contribution in [-0.4, -0.2) is 75.4 Å². The second-order valence-electron chi connectivity index (χ2n) is 5.98. The number of nitrogens with one attached hydrogen (secondary N) is 1. The average molecular weight is 322 g/mol. The number of morpholine rings is 1. The van der Waals surface area contributed by atoms with Crippen LogP contribution in [0.1, 0.15) is 0 Å². The summed E-state index contributed by atoms with van der Waals surface area (Å²) in [6, 6.07) is 4.38. The van der Waals surface area contributed by atoms with Crippen LogP contribution in [0, 0.1) is 5.82 Å². The number of benzene rings is 1. The van der Waals surface area contributed by atoms with Crippen LogP contribution in [0.25, 0.3) is 0 Å². The summed E-state index contributed by atoms with van der Waals surface area (Å²) in [5.41, 5.74) is 1.41. The Morgan fingerprint density at radius 2 is 1.83 bits per heavy atom. The van der Waals surface area contributed by atoms with Gasteiger partial charge in [0.2, 0.25) is 0 Å². The number of urea groups is 1. The molecule has 126 valence electrons. The number of carbonyl (C=O) groups excluding carboxylic acids is 1. The number of carbonyl (C=O) groups is 1. The summed E-state index contributed by atoms with van der Waals surface area (Å²) in [7, 11) is 2.09. The van der Waals surface area contributed by atoms with Gasteiger partial charge in [0.15, 0.2) is 0 Å². The van der Waals surface area contributed by atoms with E-state index in [1.807, 2.05) is 0 Å². The lowest BCUT2D eigenvalue weighted by Gasteiger charge is -2.35. The molecule has 2 saturated heterocycles. The molecule has 0 saturated carbocycles. The third-order valence-electron chi connectivity index (χ3n) is 4.34. The van der Waals surface area contributed by atoms with Crippen LogP contribution in [0.4, 0.5) is 20.6 Å². The van der Waals surface area contributed by atoms with Gasteiger partial charge < -0.3 is 24.8 Å². The van der Waals surface area contributed by atoms with Crippen LogP contribution < -0.4 is 10.2 Å². The molecular formula is C16H23FN4O2. The van der Waals surface area contributed by atoms with E-state index in [0.717, 1.165) is 31.9 Å². The second kappa shape index (κ2) is 7.14. The molecule has 23 heavy (non-hydrogen) atoms. The number of anilines is 2. The van der Waals surface area contributed by atoms with Crippen molar-refractivity contribution in [1.82, 2.24) is 9.80 Å². The number of halogens is 1. The van der Waals surface area contributed by atoms with Crippen LogP contribution in [-0.2, 0) is 4.74 Å². The number of amides is 2. The van der Waals surface area contributed by atoms with Crippen molar-refractivity contribution in [2.45, 2.75) is 0 Å². The Labute approximate surface area is 135 Å². The topological polar surface area (TPSA) is 48.0 Å². The molecule has 0 unspecified atom stereocenters. The molecule has 1 N–H and O–H groups in total. The molecule has 2 amide bonds. The van der Waals surface area contributed by atoms with E-state index in [-0.39, 0.29) is 11.8 Å². The molecule has 6 nitrogen and oxygen atoms in total. The van der Waals surface area contributed by atoms with Crippen molar-refractivity contribution in [1.29, 1.82) is 0 Å². The van der Waals surface area contributed by atoms with Crippen LogP contribution in [0.3, 0.4) is 0 Å². The fourth-order valence-electron chi connectivity index (χ4n) is 2.89. The Kier molecular flexibility index (Phi) is 4.97. The zero-order valence-corrected chi connectivity index (χ0v) is 13.4. The van der Waals surface area contributed by atoms with E-state index in [1.165, 1.54) is 12.1 Å². The number of nitrogens with zero attached hydrogens (tertiary/aromatic N) is 3. The van der Waals surface area contributed by atoms with E-state index in [1.54, 1.807) is 11.0 Å². The largest absolute Gasteiger partial charge is 0.378 e. The third kappa shape index (κ3) is 3.92. The molecule has 0 aromatic heterocycles. The fourth-order valence-corrected chi connectivity index (χ4v) is 2.89. The molecule has 0 spiro atoms. The van der Waals surface area contributed by atoms with Gasteiger partial charge >= 0.3 is 6.03 Å². The Bertz CT molecular complexity index is 555. The zero-order chi connectivity index (χ0) is 16.2. The number of rotatable bonds is 2. The highest BCUT2D eigenvalue weighted by Crippen LogP contribution is 2.28. The Hall–Kier alpha value is -1.86. The third-order valence-corrected chi connectivity index (χ3v) is 4.34. The normalized spacial score (nSPS) is 19.7. The van der Waals surface area contributed by atoms with E-state index in [2.05, 4.69) is 22.2 Å². The van der Waals surface area contributed by atoms with Crippen molar-refractivity contribution < 1.29 is 13.9 Å². The minimum Gasteiger partial charge on any atom is -0.378 e. The SMILES string of the molecule is CN1CCN(c2ccc(F)cc2NC(=O)N2CCOCC2)CC1. The first-order valence-electron chi connectivity index (χ1n) is 8.00. The summed E-state index contributed by atoms with van der Waals surface area (Å²) in [4.78, 5) is 18.5. The lowest BCUT2D eigenvalue weighted by Crippen LogP contribution is -2.45. The van der Waals surface area contributed by atoms with Gasteiger partial charge in [-0.1, -0.05) is 0 Å². The molecule has 3 rings (SSSR count). The molecule has 1 aromatic carbocycles. The molecule has 0 radical (unpaired) electrons. The summed E-state index contributed by atoms with van der Waals surface area (Å²) in [5, 5.41) is 2.87. The predicted octanol–water partition coefficient (Wildman–Crippen LogP) is 1.44. The van der Waals surface area contributed by atoms with Gasteiger partial charge in [-0.2, -0.15) is 0 Å². The number of ether oxygens (including phenoxy) is 1. The van der Waals surface area contributed by atoms with Gasteiger partial charge in [-0.15, -0.1) is 0 Å². The van der Waals surface area contributed by atoms with Crippen molar-refractivity contribution in [3.63, 3.8) is 0 Å². The van der Waals surface area contributed by atoms with Crippen molar-refractivity contribution >= 4 is 17.4 Å². The van der Waals surface area contributed by atoms with Gasteiger partial charge in [-0.05, 0) is 25.2 Å². The standard InChI is InChI=1S/C16H23FN4O2/c1-19-4-6-20(7-5-19)15-3-2-13(17)12-14(15)18-16(22)21-8-10-23-11-9-21/h2-3,12H,4-11H2,1H3,(H,18,22). The van der Waals surface area contributed by atoms with Crippen LogP contribution in [0.2, 0.25) is 0 Å². The first-order chi connectivity index (χ1) is 11.1. The summed E-state index contributed by atoms with van der Waals surface area (Å²) in [5.74, 6) is -0.347. The maximum Gasteiger partial charge on any atom is 0.322 e. The van der Waals surface area contributed by atoms with Gasteiger partial charge in [0.25, 0.3) is 0 Å². The van der Waals surface area contributed by atoms with Crippen molar-refractivity contribution in [3.05, 3.63) is 24.0 Å². The molecule has 2 aliphatic rings. The monoisotopic (exact) mass is 322 g/mol. The van der Waals surface area contributed by atoms with Gasteiger partial charge in [-0.3, -0.25) is 0 Å². The highest BCUT2D eigenvalue weighted by molar-refractivity contribution is 5.93. The van der Waals surface area contributed by atoms with Crippen molar-refractivity contribution in [3.8, 4) is 0 Å². The van der Waals surface area contributed by atoms with E-state index >= 15 is 0 Å². The Morgan fingerprint density at radius 1 is 1.13 bits per heavy atom. The number of likely N-dealkylation sites (N-methyl/N-ethyl adjacent to an activating group) is 1. The summed E-state index contributed by atoms with van der Waals surface area (Å²) >= 11 is 0. The lowest BCUT2D eigenvalue weighted by molar-refractivity contribution is 0.0564. The quantitative estimate of drug-likeness (QED) is 0.895. The lowest BCUT2D eigenvalue weighted by atomic mass is 10.2. The maximum absolute atomic E-state index is 13.7. The average Bonchev–Trinajstić information content (AvgIpc) is 2.57. The Morgan fingerprint density at radius 3 is 2.52 bits per heavy atom. The van der Waals surface area contributed by atoms with Crippen molar-refractivity contribution in [2.75, 3.05) is 69.7 Å². The smallest absolute Gasteiger partial charge is 0.322 e. The summed E-state index contributed by atoms with van der Waals surface area (Å²) in [6.45, 7) is 5.84. The fraction of sp³-hybridized carbons (Fsp3) is 0.562. The van der Waals surface area contributed by atoms with Gasteiger partial charge in [0, 0.05) is 39.3 Å². The zero-order valence-electron chi connectivity index (χ0n) is 13.4. The molecule has 0 bridgehead atoms. The number of hydrogen-bond donors (Lipinski definition) is 1. The second-order valence-corrected chi connectivity index (χ2v) is 5.98. The minimum atomic E-state index is -0.347. The molecule has 0 atom stereocenters. The molecule has 1 aromatic rings. The summed E-state index contributed by atoms with van der Waals surface area (Å²) < 4.78 is 18.9. The van der Waals surface area contributed by atoms with Gasteiger partial charge in [0.1, 0.15) is 5.82 Å². The van der Waals surface area contributed by atoms with Crippen LogP contribution >= 0.6 is 0 Å². The molecule has 2 heterocycles. The Balaban J connectivity index is 1.74. The number of piperazine rings is 1. The molecule has 0 aliphatic carbocycles. The minimum absolute atomic E-state index is 0.200. The maximum atomic E-state index is 13.7. The van der Waals surface area contributed by atoms with E-state index in [0.29, 0.717) is 32.0 Å². The molecule has 7 heteroatoms. The predicted molar refractivity (Wildman–Crippen MR) is 87.5 cm³/mol. The van der Waals surface area contributed by atoms with E-state index < -0.39 is 0 Å². The molecular weight excluding hydrogens is 299 g/mol. The van der Waals surface area contributed by atoms with Crippen molar-refractivity contribution in [2.24, 2.45) is 0 Å². The van der Waals surface area contributed by atoms with Crippen LogP contribution in [0.15, 0.2) is 18.2 Å². The highest BCUT2D eigenvalue weighted by atomic mass is 19.1. The van der Waals surface area contributed by atoms with E-state index in [4.69, 9.17) is 4.74 Å².